The average Bonchev–Trinajstić information content (AvgIpc) is 3.20. The fourth-order valence-corrected chi connectivity index (χ4v) is 3.13. The van der Waals surface area contributed by atoms with Crippen LogP contribution in [0.2, 0.25) is 5.02 Å². The molecule has 1 aromatic carbocycles. The first-order valence-electron chi connectivity index (χ1n) is 6.11. The molecular formula is C13H12BrClN2. The third-order valence-electron chi connectivity index (χ3n) is 3.71. The largest absolute Gasteiger partial charge is 0.261 e. The van der Waals surface area contributed by atoms with E-state index in [1.807, 2.05) is 6.20 Å². The van der Waals surface area contributed by atoms with Gasteiger partial charge < -0.3 is 0 Å². The molecule has 2 saturated carbocycles. The number of fused-ring (bicyclic) bond motifs is 1. The molecule has 88 valence electrons. The van der Waals surface area contributed by atoms with Crippen molar-refractivity contribution in [3.8, 4) is 0 Å². The fourth-order valence-electron chi connectivity index (χ4n) is 2.51. The first kappa shape index (κ1) is 10.4. The number of halogens is 2. The molecule has 2 fully saturated rings. The van der Waals surface area contributed by atoms with Crippen molar-refractivity contribution in [1.29, 1.82) is 0 Å². The standard InChI is InChI=1S/C13H12BrClN2/c14-12-10-6-16-17(8-3-4-8)13(10)9(5-11(12)15)7-1-2-7/h5-8H,1-4H2. The second-order valence-electron chi connectivity index (χ2n) is 5.12. The Morgan fingerprint density at radius 3 is 2.71 bits per heavy atom. The molecule has 0 saturated heterocycles. The minimum atomic E-state index is 0.623. The lowest BCUT2D eigenvalue weighted by atomic mass is 10.1. The second-order valence-corrected chi connectivity index (χ2v) is 6.32. The summed E-state index contributed by atoms with van der Waals surface area (Å²) in [6.45, 7) is 0. The summed E-state index contributed by atoms with van der Waals surface area (Å²) in [5.74, 6) is 0.706. The predicted octanol–water partition coefficient (Wildman–Crippen LogP) is 4.66. The van der Waals surface area contributed by atoms with Gasteiger partial charge in [0.2, 0.25) is 0 Å². The summed E-state index contributed by atoms with van der Waals surface area (Å²) in [6.07, 6.45) is 7.07. The topological polar surface area (TPSA) is 17.8 Å². The molecule has 2 aliphatic carbocycles. The lowest BCUT2D eigenvalue weighted by Gasteiger charge is -2.09. The summed E-state index contributed by atoms with van der Waals surface area (Å²) < 4.78 is 3.20. The van der Waals surface area contributed by atoms with E-state index in [-0.39, 0.29) is 0 Å². The molecule has 4 rings (SSSR count). The maximum atomic E-state index is 6.29. The highest BCUT2D eigenvalue weighted by molar-refractivity contribution is 9.10. The first-order valence-corrected chi connectivity index (χ1v) is 7.28. The average molecular weight is 312 g/mol. The fraction of sp³-hybridized carbons (Fsp3) is 0.462. The Labute approximate surface area is 113 Å². The van der Waals surface area contributed by atoms with Gasteiger partial charge in [-0.2, -0.15) is 5.10 Å². The molecule has 0 N–H and O–H groups in total. The Balaban J connectivity index is 2.06. The van der Waals surface area contributed by atoms with E-state index in [0.29, 0.717) is 12.0 Å². The molecule has 0 aliphatic heterocycles. The van der Waals surface area contributed by atoms with Gasteiger partial charge in [0.25, 0.3) is 0 Å². The van der Waals surface area contributed by atoms with E-state index in [4.69, 9.17) is 11.6 Å². The van der Waals surface area contributed by atoms with Crippen molar-refractivity contribution in [1.82, 2.24) is 9.78 Å². The zero-order valence-electron chi connectivity index (χ0n) is 9.29. The van der Waals surface area contributed by atoms with E-state index >= 15 is 0 Å². The van der Waals surface area contributed by atoms with Crippen LogP contribution in [0.15, 0.2) is 16.7 Å². The Kier molecular flexibility index (Phi) is 2.13. The minimum absolute atomic E-state index is 0.623. The minimum Gasteiger partial charge on any atom is -0.261 e. The highest BCUT2D eigenvalue weighted by Crippen LogP contribution is 2.48. The van der Waals surface area contributed by atoms with Gasteiger partial charge in [-0.05, 0) is 59.2 Å². The van der Waals surface area contributed by atoms with E-state index in [1.165, 1.54) is 42.1 Å². The van der Waals surface area contributed by atoms with E-state index in [1.54, 1.807) is 0 Å². The van der Waals surface area contributed by atoms with Crippen molar-refractivity contribution in [3.05, 3.63) is 27.3 Å². The molecule has 0 spiro atoms. The van der Waals surface area contributed by atoms with Gasteiger partial charge in [-0.15, -0.1) is 0 Å². The van der Waals surface area contributed by atoms with Crippen molar-refractivity contribution < 1.29 is 0 Å². The summed E-state index contributed by atoms with van der Waals surface area (Å²) in [6, 6.07) is 2.75. The molecule has 0 radical (unpaired) electrons. The van der Waals surface area contributed by atoms with Crippen LogP contribution in [-0.2, 0) is 0 Å². The number of hydrogen-bond donors (Lipinski definition) is 0. The lowest BCUT2D eigenvalue weighted by molar-refractivity contribution is 0.662. The Morgan fingerprint density at radius 2 is 2.06 bits per heavy atom. The van der Waals surface area contributed by atoms with Crippen molar-refractivity contribution in [2.45, 2.75) is 37.6 Å². The van der Waals surface area contributed by atoms with Gasteiger partial charge >= 0.3 is 0 Å². The van der Waals surface area contributed by atoms with Crippen molar-refractivity contribution in [2.24, 2.45) is 0 Å². The quantitative estimate of drug-likeness (QED) is 0.788. The summed E-state index contributed by atoms with van der Waals surface area (Å²) in [4.78, 5) is 0. The third kappa shape index (κ3) is 1.55. The van der Waals surface area contributed by atoms with Gasteiger partial charge in [-0.1, -0.05) is 11.6 Å². The predicted molar refractivity (Wildman–Crippen MR) is 72.7 cm³/mol. The Morgan fingerprint density at radius 1 is 1.29 bits per heavy atom. The normalized spacial score (nSPS) is 20.1. The molecule has 0 unspecified atom stereocenters. The van der Waals surface area contributed by atoms with Crippen LogP contribution in [0.1, 0.15) is 43.2 Å². The number of aromatic nitrogens is 2. The van der Waals surface area contributed by atoms with Crippen molar-refractivity contribution in [2.75, 3.05) is 0 Å². The molecule has 17 heavy (non-hydrogen) atoms. The Hall–Kier alpha value is -0.540. The van der Waals surface area contributed by atoms with E-state index < -0.39 is 0 Å². The molecule has 0 amide bonds. The summed E-state index contributed by atoms with van der Waals surface area (Å²) in [7, 11) is 0. The molecule has 2 aromatic rings. The SMILES string of the molecule is Clc1cc(C2CC2)c2c(cnn2C2CC2)c1Br. The highest BCUT2D eigenvalue weighted by Gasteiger charge is 2.32. The second kappa shape index (κ2) is 3.48. The molecule has 2 aliphatic rings. The van der Waals surface area contributed by atoms with Crippen LogP contribution >= 0.6 is 27.5 Å². The van der Waals surface area contributed by atoms with Crippen LogP contribution in [0.3, 0.4) is 0 Å². The maximum Gasteiger partial charge on any atom is 0.0732 e. The smallest absolute Gasteiger partial charge is 0.0732 e. The monoisotopic (exact) mass is 310 g/mol. The van der Waals surface area contributed by atoms with Gasteiger partial charge in [-0.25, -0.2) is 0 Å². The van der Waals surface area contributed by atoms with Gasteiger partial charge in [0.1, 0.15) is 0 Å². The zero-order chi connectivity index (χ0) is 11.6. The Bertz CT molecular complexity index is 611. The van der Waals surface area contributed by atoms with Crippen molar-refractivity contribution >= 4 is 38.4 Å². The number of rotatable bonds is 2. The van der Waals surface area contributed by atoms with Gasteiger partial charge in [0, 0.05) is 9.86 Å². The van der Waals surface area contributed by atoms with Crippen LogP contribution < -0.4 is 0 Å². The molecule has 2 nitrogen and oxygen atoms in total. The lowest BCUT2D eigenvalue weighted by Crippen LogP contribution is -1.98. The maximum absolute atomic E-state index is 6.29. The zero-order valence-corrected chi connectivity index (χ0v) is 11.6. The van der Waals surface area contributed by atoms with Crippen LogP contribution in [-0.4, -0.2) is 9.78 Å². The van der Waals surface area contributed by atoms with E-state index in [0.717, 1.165) is 9.50 Å². The van der Waals surface area contributed by atoms with E-state index in [2.05, 4.69) is 31.8 Å². The molecule has 0 bridgehead atoms. The van der Waals surface area contributed by atoms with Crippen molar-refractivity contribution in [3.63, 3.8) is 0 Å². The van der Waals surface area contributed by atoms with Gasteiger partial charge in [0.05, 0.1) is 22.8 Å². The van der Waals surface area contributed by atoms with Crippen LogP contribution in [0, 0.1) is 0 Å². The number of benzene rings is 1. The van der Waals surface area contributed by atoms with Gasteiger partial charge in [-0.3, -0.25) is 4.68 Å². The highest BCUT2D eigenvalue weighted by atomic mass is 79.9. The number of nitrogens with zero attached hydrogens (tertiary/aromatic N) is 2. The molecule has 1 heterocycles. The molecule has 1 aromatic heterocycles. The first-order chi connectivity index (χ1) is 8.25. The van der Waals surface area contributed by atoms with E-state index in [9.17, 15) is 0 Å². The number of hydrogen-bond acceptors (Lipinski definition) is 1. The van der Waals surface area contributed by atoms with Gasteiger partial charge in [0.15, 0.2) is 0 Å². The van der Waals surface area contributed by atoms with Crippen LogP contribution in [0.5, 0.6) is 0 Å². The molecule has 0 atom stereocenters. The van der Waals surface area contributed by atoms with Crippen LogP contribution in [0.4, 0.5) is 0 Å². The third-order valence-corrected chi connectivity index (χ3v) is 5.09. The summed E-state index contributed by atoms with van der Waals surface area (Å²) in [5, 5.41) is 6.55. The molecular weight excluding hydrogens is 300 g/mol. The summed E-state index contributed by atoms with van der Waals surface area (Å²) >= 11 is 9.87. The van der Waals surface area contributed by atoms with Crippen LogP contribution in [0.25, 0.3) is 10.9 Å². The molecule has 4 heteroatoms. The summed E-state index contributed by atoms with van der Waals surface area (Å²) in [5.41, 5.74) is 2.71.